The summed E-state index contributed by atoms with van der Waals surface area (Å²) in [4.78, 5) is 16.5. The van der Waals surface area contributed by atoms with Gasteiger partial charge in [-0.15, -0.1) is 0 Å². The normalized spacial score (nSPS) is 10.7. The average molecular weight is 319 g/mol. The van der Waals surface area contributed by atoms with Crippen LogP contribution in [0.2, 0.25) is 0 Å². The Bertz CT molecular complexity index is 822. The second-order valence-electron chi connectivity index (χ2n) is 5.84. The van der Waals surface area contributed by atoms with Gasteiger partial charge < -0.3 is 10.6 Å². The zero-order chi connectivity index (χ0) is 16.8. The molecule has 4 nitrogen and oxygen atoms in total. The zero-order valence-corrected chi connectivity index (χ0v) is 13.8. The molecule has 0 atom stereocenters. The third-order valence-corrected chi connectivity index (χ3v) is 3.89. The Morgan fingerprint density at radius 1 is 1.04 bits per heavy atom. The van der Waals surface area contributed by atoms with E-state index >= 15 is 0 Å². The molecule has 0 saturated heterocycles. The number of hydrogen-bond acceptors (Lipinski definition) is 3. The van der Waals surface area contributed by atoms with E-state index in [1.165, 1.54) is 11.1 Å². The van der Waals surface area contributed by atoms with Crippen LogP contribution in [0, 0.1) is 6.92 Å². The van der Waals surface area contributed by atoms with E-state index in [2.05, 4.69) is 46.8 Å². The summed E-state index contributed by atoms with van der Waals surface area (Å²) in [5.41, 5.74) is 4.05. The van der Waals surface area contributed by atoms with Gasteiger partial charge in [-0.25, -0.2) is 0 Å². The van der Waals surface area contributed by atoms with Gasteiger partial charge in [-0.2, -0.15) is 0 Å². The molecule has 1 amide bonds. The van der Waals surface area contributed by atoms with Crippen LogP contribution < -0.4 is 10.6 Å². The van der Waals surface area contributed by atoms with E-state index in [-0.39, 0.29) is 5.91 Å². The van der Waals surface area contributed by atoms with E-state index in [1.54, 1.807) is 6.20 Å². The van der Waals surface area contributed by atoms with E-state index in [0.29, 0.717) is 13.0 Å². The molecule has 0 aliphatic carbocycles. The lowest BCUT2D eigenvalue weighted by Gasteiger charge is -2.09. The number of para-hydroxylation sites is 1. The van der Waals surface area contributed by atoms with Crippen LogP contribution >= 0.6 is 0 Å². The summed E-state index contributed by atoms with van der Waals surface area (Å²) in [5, 5.41) is 7.27. The minimum atomic E-state index is -0.00967. The Morgan fingerprint density at radius 3 is 2.67 bits per heavy atom. The van der Waals surface area contributed by atoms with Crippen molar-refractivity contribution in [1.29, 1.82) is 0 Å². The highest BCUT2D eigenvalue weighted by molar-refractivity contribution is 6.00. The average Bonchev–Trinajstić information content (AvgIpc) is 2.61. The van der Waals surface area contributed by atoms with Gasteiger partial charge in [0, 0.05) is 31.1 Å². The van der Waals surface area contributed by atoms with Crippen LogP contribution in [0.25, 0.3) is 10.9 Å². The van der Waals surface area contributed by atoms with E-state index < -0.39 is 0 Å². The van der Waals surface area contributed by atoms with E-state index in [0.717, 1.165) is 23.1 Å². The predicted octanol–water partition coefficient (Wildman–Crippen LogP) is 3.66. The van der Waals surface area contributed by atoms with Crippen molar-refractivity contribution in [3.05, 3.63) is 71.9 Å². The Morgan fingerprint density at radius 2 is 1.83 bits per heavy atom. The van der Waals surface area contributed by atoms with Crippen LogP contribution in [-0.4, -0.2) is 17.4 Å². The first kappa shape index (κ1) is 16.1. The molecule has 0 aliphatic rings. The minimum absolute atomic E-state index is 0.00967. The molecular formula is C20H21N3O. The fourth-order valence-corrected chi connectivity index (χ4v) is 2.56. The first-order chi connectivity index (χ1) is 11.7. The lowest BCUT2D eigenvalue weighted by Crippen LogP contribution is -2.21. The monoisotopic (exact) mass is 319 g/mol. The van der Waals surface area contributed by atoms with Crippen molar-refractivity contribution >= 4 is 22.5 Å². The summed E-state index contributed by atoms with van der Waals surface area (Å²) in [7, 11) is 0. The number of nitrogens with zero attached hydrogens (tertiary/aromatic N) is 1. The van der Waals surface area contributed by atoms with Crippen molar-refractivity contribution < 1.29 is 4.79 Å². The van der Waals surface area contributed by atoms with E-state index in [1.807, 2.05) is 30.3 Å². The molecule has 2 aromatic carbocycles. The molecule has 122 valence electrons. The summed E-state index contributed by atoms with van der Waals surface area (Å²) in [6.07, 6.45) is 2.16. The molecule has 1 aromatic heterocycles. The number of aryl methyl sites for hydroxylation is 1. The third-order valence-electron chi connectivity index (χ3n) is 3.89. The summed E-state index contributed by atoms with van der Waals surface area (Å²) in [6, 6.07) is 18.1. The summed E-state index contributed by atoms with van der Waals surface area (Å²) >= 11 is 0. The van der Waals surface area contributed by atoms with Gasteiger partial charge in [0.15, 0.2) is 0 Å². The highest BCUT2D eigenvalue weighted by atomic mass is 16.1. The second kappa shape index (κ2) is 7.70. The van der Waals surface area contributed by atoms with Crippen molar-refractivity contribution in [2.75, 3.05) is 11.9 Å². The molecule has 0 saturated carbocycles. The van der Waals surface area contributed by atoms with Crippen molar-refractivity contribution in [1.82, 2.24) is 10.3 Å². The maximum absolute atomic E-state index is 12.1. The molecule has 3 aromatic rings. The van der Waals surface area contributed by atoms with Crippen LogP contribution in [0.4, 0.5) is 5.69 Å². The van der Waals surface area contributed by atoms with Crippen molar-refractivity contribution in [2.24, 2.45) is 0 Å². The van der Waals surface area contributed by atoms with Crippen LogP contribution in [-0.2, 0) is 11.3 Å². The Balaban J connectivity index is 1.49. The van der Waals surface area contributed by atoms with Crippen molar-refractivity contribution in [3.8, 4) is 0 Å². The maximum Gasteiger partial charge on any atom is 0.225 e. The molecule has 1 heterocycles. The number of amides is 1. The molecule has 0 aliphatic heterocycles. The van der Waals surface area contributed by atoms with Crippen LogP contribution in [0.5, 0.6) is 0 Å². The fraction of sp³-hybridized carbons (Fsp3) is 0.200. The largest absolute Gasteiger partial charge is 0.324 e. The predicted molar refractivity (Wildman–Crippen MR) is 97.9 cm³/mol. The number of carbonyl (C=O) groups is 1. The molecule has 24 heavy (non-hydrogen) atoms. The number of pyridine rings is 1. The van der Waals surface area contributed by atoms with Crippen LogP contribution in [0.15, 0.2) is 60.8 Å². The number of nitrogens with one attached hydrogen (secondary N) is 2. The maximum atomic E-state index is 12.1. The Labute approximate surface area is 141 Å². The first-order valence-electron chi connectivity index (χ1n) is 8.12. The smallest absolute Gasteiger partial charge is 0.225 e. The van der Waals surface area contributed by atoms with Gasteiger partial charge in [-0.05, 0) is 24.6 Å². The summed E-state index contributed by atoms with van der Waals surface area (Å²) in [6.45, 7) is 3.48. The number of anilines is 1. The molecular weight excluding hydrogens is 298 g/mol. The molecule has 2 N–H and O–H groups in total. The standard InChI is InChI=1S/C20H21N3O/c1-15-7-9-16(10-8-15)14-21-13-11-19(24)23-18-6-2-4-17-5-3-12-22-20(17)18/h2-10,12,21H,11,13-14H2,1H3,(H,23,24). The lowest BCUT2D eigenvalue weighted by atomic mass is 10.1. The van der Waals surface area contributed by atoms with Gasteiger partial charge in [0.2, 0.25) is 5.91 Å². The van der Waals surface area contributed by atoms with Gasteiger partial charge in [0.25, 0.3) is 0 Å². The first-order valence-corrected chi connectivity index (χ1v) is 8.12. The number of benzene rings is 2. The van der Waals surface area contributed by atoms with Crippen molar-refractivity contribution in [3.63, 3.8) is 0 Å². The van der Waals surface area contributed by atoms with Gasteiger partial charge in [0.1, 0.15) is 0 Å². The summed E-state index contributed by atoms with van der Waals surface area (Å²) < 4.78 is 0. The highest BCUT2D eigenvalue weighted by Gasteiger charge is 2.06. The minimum Gasteiger partial charge on any atom is -0.324 e. The molecule has 0 radical (unpaired) electrons. The molecule has 0 unspecified atom stereocenters. The van der Waals surface area contributed by atoms with Gasteiger partial charge in [-0.3, -0.25) is 9.78 Å². The number of aromatic nitrogens is 1. The highest BCUT2D eigenvalue weighted by Crippen LogP contribution is 2.20. The lowest BCUT2D eigenvalue weighted by molar-refractivity contribution is -0.116. The number of hydrogen-bond donors (Lipinski definition) is 2. The number of rotatable bonds is 6. The van der Waals surface area contributed by atoms with Crippen LogP contribution in [0.3, 0.4) is 0 Å². The van der Waals surface area contributed by atoms with Crippen LogP contribution in [0.1, 0.15) is 17.5 Å². The Hall–Kier alpha value is -2.72. The second-order valence-corrected chi connectivity index (χ2v) is 5.84. The third kappa shape index (κ3) is 4.18. The topological polar surface area (TPSA) is 54.0 Å². The molecule has 0 spiro atoms. The molecule has 3 rings (SSSR count). The van der Waals surface area contributed by atoms with Gasteiger partial charge in [0.05, 0.1) is 11.2 Å². The zero-order valence-electron chi connectivity index (χ0n) is 13.8. The molecule has 0 fully saturated rings. The van der Waals surface area contributed by atoms with E-state index in [4.69, 9.17) is 0 Å². The SMILES string of the molecule is Cc1ccc(CNCCC(=O)Nc2cccc3cccnc23)cc1. The number of fused-ring (bicyclic) bond motifs is 1. The van der Waals surface area contributed by atoms with Crippen molar-refractivity contribution in [2.45, 2.75) is 19.9 Å². The quantitative estimate of drug-likeness (QED) is 0.682. The molecule has 4 heteroatoms. The number of carbonyl (C=O) groups excluding carboxylic acids is 1. The van der Waals surface area contributed by atoms with Gasteiger partial charge in [-0.1, -0.05) is 48.0 Å². The summed E-state index contributed by atoms with van der Waals surface area (Å²) in [5.74, 6) is -0.00967. The van der Waals surface area contributed by atoms with Gasteiger partial charge >= 0.3 is 0 Å². The molecule has 0 bridgehead atoms. The fourth-order valence-electron chi connectivity index (χ4n) is 2.56. The Kier molecular flexibility index (Phi) is 5.18. The van der Waals surface area contributed by atoms with E-state index in [9.17, 15) is 4.79 Å².